The molecular weight excluding hydrogens is 339 g/mol. The van der Waals surface area contributed by atoms with Gasteiger partial charge < -0.3 is 5.11 Å². The summed E-state index contributed by atoms with van der Waals surface area (Å²) in [5, 5.41) is 8.79. The Hall–Kier alpha value is -1.83. The van der Waals surface area contributed by atoms with Crippen molar-refractivity contribution in [1.29, 1.82) is 0 Å². The van der Waals surface area contributed by atoms with Crippen LogP contribution in [0, 0.1) is 0 Å². The molecule has 6 nitrogen and oxygen atoms in total. The van der Waals surface area contributed by atoms with E-state index >= 15 is 0 Å². The van der Waals surface area contributed by atoms with E-state index in [-0.39, 0.29) is 26.5 Å². The molecule has 0 saturated heterocycles. The number of rotatable bonds is 4. The van der Waals surface area contributed by atoms with E-state index in [4.69, 9.17) is 28.3 Å². The number of aromatic carboxylic acids is 1. The predicted molar refractivity (Wildman–Crippen MR) is 78.5 cm³/mol. The lowest BCUT2D eigenvalue weighted by Gasteiger charge is -2.09. The topological polar surface area (TPSA) is 96.4 Å². The molecule has 0 saturated carbocycles. The quantitative estimate of drug-likeness (QED) is 0.887. The third-order valence-corrected chi connectivity index (χ3v) is 4.74. The van der Waals surface area contributed by atoms with Gasteiger partial charge in [-0.2, -0.15) is 0 Å². The van der Waals surface area contributed by atoms with Gasteiger partial charge in [-0.15, -0.1) is 0 Å². The molecule has 0 aliphatic heterocycles. The number of nitrogens with one attached hydrogen (secondary N) is 1. The van der Waals surface area contributed by atoms with Gasteiger partial charge >= 0.3 is 5.97 Å². The van der Waals surface area contributed by atoms with Crippen molar-refractivity contribution in [3.8, 4) is 0 Å². The third-order valence-electron chi connectivity index (χ3n) is 2.41. The van der Waals surface area contributed by atoms with Crippen molar-refractivity contribution in [3.63, 3.8) is 0 Å². The molecule has 0 amide bonds. The molecule has 2 aromatic rings. The molecule has 0 bridgehead atoms. The molecule has 9 heteroatoms. The minimum atomic E-state index is -4.03. The van der Waals surface area contributed by atoms with Crippen molar-refractivity contribution in [2.24, 2.45) is 0 Å². The summed E-state index contributed by atoms with van der Waals surface area (Å²) < 4.78 is 26.6. The first-order chi connectivity index (χ1) is 9.81. The zero-order valence-electron chi connectivity index (χ0n) is 10.2. The van der Waals surface area contributed by atoms with Gasteiger partial charge in [0.05, 0.1) is 10.0 Å². The number of carboxylic acid groups (broad SMARTS) is 1. The molecule has 0 aliphatic carbocycles. The van der Waals surface area contributed by atoms with Crippen LogP contribution in [0.4, 0.5) is 5.82 Å². The lowest BCUT2D eigenvalue weighted by molar-refractivity contribution is 0.0690. The molecule has 0 fully saturated rings. The predicted octanol–water partition coefficient (Wildman–Crippen LogP) is 2.89. The van der Waals surface area contributed by atoms with Crippen molar-refractivity contribution in [2.45, 2.75) is 4.90 Å². The second-order valence-corrected chi connectivity index (χ2v) is 6.31. The summed E-state index contributed by atoms with van der Waals surface area (Å²) >= 11 is 11.6. The van der Waals surface area contributed by atoms with Crippen LogP contribution in [0.5, 0.6) is 0 Å². The number of hydrogen-bond acceptors (Lipinski definition) is 4. The largest absolute Gasteiger partial charge is 0.477 e. The maximum Gasteiger partial charge on any atom is 0.354 e. The summed E-state index contributed by atoms with van der Waals surface area (Å²) in [6.07, 6.45) is 0. The highest BCUT2D eigenvalue weighted by atomic mass is 35.5. The van der Waals surface area contributed by atoms with E-state index in [0.717, 1.165) is 0 Å². The number of sulfonamides is 1. The zero-order chi connectivity index (χ0) is 15.6. The van der Waals surface area contributed by atoms with Gasteiger partial charge in [-0.05, 0) is 24.3 Å². The maximum absolute atomic E-state index is 12.2. The van der Waals surface area contributed by atoms with Crippen molar-refractivity contribution in [2.75, 3.05) is 4.72 Å². The molecule has 21 heavy (non-hydrogen) atoms. The van der Waals surface area contributed by atoms with Gasteiger partial charge in [-0.1, -0.05) is 35.3 Å². The van der Waals surface area contributed by atoms with Crippen molar-refractivity contribution >= 4 is 45.0 Å². The average Bonchev–Trinajstić information content (AvgIpc) is 2.41. The molecule has 2 N–H and O–H groups in total. The molecule has 1 aromatic carbocycles. The summed E-state index contributed by atoms with van der Waals surface area (Å²) in [4.78, 5) is 14.3. The summed E-state index contributed by atoms with van der Waals surface area (Å²) in [6.45, 7) is 0. The number of benzene rings is 1. The van der Waals surface area contributed by atoms with Crippen LogP contribution in [0.3, 0.4) is 0 Å². The van der Waals surface area contributed by atoms with Crippen molar-refractivity contribution in [3.05, 3.63) is 52.1 Å². The van der Waals surface area contributed by atoms with Crippen LogP contribution in [-0.4, -0.2) is 24.5 Å². The molecule has 0 radical (unpaired) electrons. The number of anilines is 1. The molecule has 0 aliphatic rings. The molecule has 0 atom stereocenters. The Labute approximate surface area is 130 Å². The van der Waals surface area contributed by atoms with E-state index in [0.29, 0.717) is 0 Å². The van der Waals surface area contributed by atoms with Gasteiger partial charge in [0.15, 0.2) is 5.69 Å². The summed E-state index contributed by atoms with van der Waals surface area (Å²) in [7, 11) is -4.03. The number of carboxylic acids is 1. The molecule has 0 spiro atoms. The molecule has 1 aromatic heterocycles. The maximum atomic E-state index is 12.2. The van der Waals surface area contributed by atoms with Crippen molar-refractivity contribution in [1.82, 2.24) is 4.98 Å². The van der Waals surface area contributed by atoms with Crippen LogP contribution >= 0.6 is 23.2 Å². The van der Waals surface area contributed by atoms with Crippen LogP contribution in [0.15, 0.2) is 41.3 Å². The van der Waals surface area contributed by atoms with E-state index in [1.165, 1.54) is 36.4 Å². The lowest BCUT2D eigenvalue weighted by atomic mass is 10.3. The Morgan fingerprint density at radius 1 is 1.14 bits per heavy atom. The molecular formula is C12H8Cl2N2O4S. The lowest BCUT2D eigenvalue weighted by Crippen LogP contribution is -2.15. The Bertz CT molecular complexity index is 809. The van der Waals surface area contributed by atoms with Crippen LogP contribution < -0.4 is 4.72 Å². The highest BCUT2D eigenvalue weighted by molar-refractivity contribution is 7.92. The SMILES string of the molecule is O=C(O)c1cccc(NS(=O)(=O)c2cccc(Cl)c2Cl)n1. The summed E-state index contributed by atoms with van der Waals surface area (Å²) in [6, 6.07) is 8.09. The number of aromatic nitrogens is 1. The number of nitrogens with zero attached hydrogens (tertiary/aromatic N) is 1. The Balaban J connectivity index is 2.40. The monoisotopic (exact) mass is 346 g/mol. The fourth-order valence-electron chi connectivity index (χ4n) is 1.49. The molecule has 1 heterocycles. The smallest absolute Gasteiger partial charge is 0.354 e. The van der Waals surface area contributed by atoms with Crippen LogP contribution in [0.2, 0.25) is 10.0 Å². The van der Waals surface area contributed by atoms with E-state index < -0.39 is 16.0 Å². The van der Waals surface area contributed by atoms with E-state index in [1.807, 2.05) is 0 Å². The highest BCUT2D eigenvalue weighted by Crippen LogP contribution is 2.29. The second kappa shape index (κ2) is 5.88. The van der Waals surface area contributed by atoms with E-state index in [1.54, 1.807) is 0 Å². The van der Waals surface area contributed by atoms with Gasteiger partial charge in [-0.3, -0.25) is 4.72 Å². The number of carbonyl (C=O) groups is 1. The summed E-state index contributed by atoms with van der Waals surface area (Å²) in [5.41, 5.74) is -0.285. The van der Waals surface area contributed by atoms with Crippen LogP contribution in [0.25, 0.3) is 0 Å². The highest BCUT2D eigenvalue weighted by Gasteiger charge is 2.20. The minimum absolute atomic E-state index is 0.0896. The first kappa shape index (κ1) is 15.6. The number of hydrogen-bond donors (Lipinski definition) is 2. The van der Waals surface area contributed by atoms with Gasteiger partial charge in [0, 0.05) is 0 Å². The molecule has 110 valence electrons. The fourth-order valence-corrected chi connectivity index (χ4v) is 3.26. The van der Waals surface area contributed by atoms with Crippen molar-refractivity contribution < 1.29 is 18.3 Å². The minimum Gasteiger partial charge on any atom is -0.477 e. The van der Waals surface area contributed by atoms with Crippen LogP contribution in [-0.2, 0) is 10.0 Å². The van der Waals surface area contributed by atoms with Gasteiger partial charge in [0.2, 0.25) is 0 Å². The Kier molecular flexibility index (Phi) is 4.36. The number of pyridine rings is 1. The third kappa shape index (κ3) is 3.44. The first-order valence-electron chi connectivity index (χ1n) is 5.48. The Morgan fingerprint density at radius 3 is 2.48 bits per heavy atom. The zero-order valence-corrected chi connectivity index (χ0v) is 12.6. The van der Waals surface area contributed by atoms with E-state index in [2.05, 4.69) is 9.71 Å². The van der Waals surface area contributed by atoms with Gasteiger partial charge in [0.1, 0.15) is 10.7 Å². The number of halogens is 2. The van der Waals surface area contributed by atoms with E-state index in [9.17, 15) is 13.2 Å². The van der Waals surface area contributed by atoms with Gasteiger partial charge in [0.25, 0.3) is 10.0 Å². The standard InChI is InChI=1S/C12H8Cl2N2O4S/c13-7-3-1-5-9(11(7)14)21(19,20)16-10-6-2-4-8(15-10)12(17)18/h1-6H,(H,15,16)(H,17,18). The Morgan fingerprint density at radius 2 is 1.81 bits per heavy atom. The average molecular weight is 347 g/mol. The summed E-state index contributed by atoms with van der Waals surface area (Å²) in [5.74, 6) is -1.40. The molecule has 0 unspecified atom stereocenters. The normalized spacial score (nSPS) is 11.1. The fraction of sp³-hybridized carbons (Fsp3) is 0. The first-order valence-corrected chi connectivity index (χ1v) is 7.72. The second-order valence-electron chi connectivity index (χ2n) is 3.87. The van der Waals surface area contributed by atoms with Gasteiger partial charge in [-0.25, -0.2) is 18.2 Å². The van der Waals surface area contributed by atoms with Crippen LogP contribution in [0.1, 0.15) is 10.5 Å². The molecule has 2 rings (SSSR count).